The maximum absolute atomic E-state index is 13.4. The van der Waals surface area contributed by atoms with Gasteiger partial charge in [-0.25, -0.2) is 4.79 Å². The number of carbonyl (C=O) groups excluding carboxylic acids is 1. The van der Waals surface area contributed by atoms with Gasteiger partial charge in [0.1, 0.15) is 6.04 Å². The topological polar surface area (TPSA) is 111 Å². The van der Waals surface area contributed by atoms with E-state index in [4.69, 9.17) is 0 Å². The van der Waals surface area contributed by atoms with Crippen molar-refractivity contribution in [2.75, 3.05) is 5.32 Å². The van der Waals surface area contributed by atoms with Crippen molar-refractivity contribution in [1.82, 2.24) is 10.3 Å². The highest BCUT2D eigenvalue weighted by molar-refractivity contribution is 5.97. The normalized spacial score (nSPS) is 11.6. The molecule has 1 heterocycles. The number of H-pyrrole nitrogens is 1. The predicted octanol–water partition coefficient (Wildman–Crippen LogP) is 4.76. The number of aromatic amines is 1. The summed E-state index contributed by atoms with van der Waals surface area (Å²) in [6, 6.07) is 26.3. The molecule has 0 radical (unpaired) electrons. The second-order valence-electron chi connectivity index (χ2n) is 8.19. The minimum absolute atomic E-state index is 0.168. The summed E-state index contributed by atoms with van der Waals surface area (Å²) in [6.07, 6.45) is 0.369. The zero-order chi connectivity index (χ0) is 24.8. The number of benzene rings is 3. The first-order valence-corrected chi connectivity index (χ1v) is 11.1. The molecule has 4 rings (SSSR count). The molecule has 0 aliphatic rings. The average Bonchev–Trinajstić information content (AvgIpc) is 2.85. The van der Waals surface area contributed by atoms with E-state index in [1.165, 1.54) is 6.07 Å². The van der Waals surface area contributed by atoms with Crippen LogP contribution in [0.1, 0.15) is 22.6 Å². The summed E-state index contributed by atoms with van der Waals surface area (Å²) >= 11 is 0. The summed E-state index contributed by atoms with van der Waals surface area (Å²) in [6.45, 7) is 1.86. The third-order valence-electron chi connectivity index (χ3n) is 5.81. The van der Waals surface area contributed by atoms with Crippen LogP contribution in [0.5, 0.6) is 0 Å². The molecule has 0 saturated heterocycles. The van der Waals surface area contributed by atoms with Crippen LogP contribution in [0.3, 0.4) is 0 Å². The Bertz CT molecular complexity index is 1330. The third kappa shape index (κ3) is 5.65. The number of amides is 2. The number of hydrogen-bond donors (Lipinski definition) is 4. The number of carboxylic acid groups (broad SMARTS) is 1. The van der Waals surface area contributed by atoms with Gasteiger partial charge in [-0.2, -0.15) is 0 Å². The number of aromatic nitrogens is 1. The van der Waals surface area contributed by atoms with Gasteiger partial charge in [0.05, 0.1) is 0 Å². The number of hydrogen-bond acceptors (Lipinski definition) is 3. The van der Waals surface area contributed by atoms with E-state index in [0.717, 1.165) is 27.8 Å². The van der Waals surface area contributed by atoms with Crippen molar-refractivity contribution >= 4 is 17.7 Å². The average molecular weight is 468 g/mol. The lowest BCUT2D eigenvalue weighted by molar-refractivity contribution is -0.118. The maximum Gasteiger partial charge on any atom is 0.405 e. The van der Waals surface area contributed by atoms with Crippen LogP contribution in [0, 0.1) is 6.92 Å². The first-order valence-electron chi connectivity index (χ1n) is 11.1. The maximum atomic E-state index is 13.4. The zero-order valence-corrected chi connectivity index (χ0v) is 19.1. The monoisotopic (exact) mass is 467 g/mol. The first-order chi connectivity index (χ1) is 16.9. The van der Waals surface area contributed by atoms with Crippen LogP contribution in [-0.2, 0) is 4.79 Å². The summed E-state index contributed by atoms with van der Waals surface area (Å²) in [5.41, 5.74) is 4.58. The number of rotatable bonds is 7. The van der Waals surface area contributed by atoms with Gasteiger partial charge >= 0.3 is 6.09 Å². The fourth-order valence-electron chi connectivity index (χ4n) is 4.17. The predicted molar refractivity (Wildman–Crippen MR) is 136 cm³/mol. The standard InChI is InChI=1S/C28H25N3O4/c1-18-16-24(32)29-17-23(18)19-12-14-22(15-13-19)30-27(33)26(31-28(34)35)25(20-8-4-2-5-9-20)21-10-6-3-7-11-21/h2-17,25-26,31H,1H3,(H,29,32)(H,30,33)(H,34,35). The van der Waals surface area contributed by atoms with Crippen molar-refractivity contribution in [1.29, 1.82) is 0 Å². The third-order valence-corrected chi connectivity index (χ3v) is 5.81. The molecule has 0 spiro atoms. The number of carbonyl (C=O) groups is 2. The fourth-order valence-corrected chi connectivity index (χ4v) is 4.17. The van der Waals surface area contributed by atoms with Crippen molar-refractivity contribution < 1.29 is 14.7 Å². The first kappa shape index (κ1) is 23.5. The van der Waals surface area contributed by atoms with Crippen molar-refractivity contribution in [3.63, 3.8) is 0 Å². The molecule has 7 nitrogen and oxygen atoms in total. The minimum Gasteiger partial charge on any atom is -0.465 e. The van der Waals surface area contributed by atoms with Crippen molar-refractivity contribution in [3.05, 3.63) is 124 Å². The molecular weight excluding hydrogens is 442 g/mol. The quantitative estimate of drug-likeness (QED) is 0.314. The largest absolute Gasteiger partial charge is 0.465 e. The van der Waals surface area contributed by atoms with E-state index >= 15 is 0 Å². The molecule has 4 aromatic rings. The molecule has 3 aromatic carbocycles. The van der Waals surface area contributed by atoms with E-state index in [0.29, 0.717) is 5.69 Å². The second-order valence-corrected chi connectivity index (χ2v) is 8.19. The smallest absolute Gasteiger partial charge is 0.405 e. The van der Waals surface area contributed by atoms with Gasteiger partial charge in [0.15, 0.2) is 0 Å². The van der Waals surface area contributed by atoms with Crippen molar-refractivity contribution in [3.8, 4) is 11.1 Å². The van der Waals surface area contributed by atoms with Gasteiger partial charge in [0, 0.05) is 29.4 Å². The molecule has 0 bridgehead atoms. The van der Waals surface area contributed by atoms with Crippen LogP contribution in [0.25, 0.3) is 11.1 Å². The van der Waals surface area contributed by atoms with Crippen LogP contribution in [0.2, 0.25) is 0 Å². The molecule has 35 heavy (non-hydrogen) atoms. The molecule has 2 amide bonds. The van der Waals surface area contributed by atoms with Gasteiger partial charge in [-0.1, -0.05) is 72.8 Å². The molecule has 0 aliphatic heterocycles. The number of pyridine rings is 1. The molecule has 0 fully saturated rings. The summed E-state index contributed by atoms with van der Waals surface area (Å²) in [7, 11) is 0. The lowest BCUT2D eigenvalue weighted by Crippen LogP contribution is -2.47. The van der Waals surface area contributed by atoms with Gasteiger partial charge in [-0.3, -0.25) is 9.59 Å². The van der Waals surface area contributed by atoms with E-state index in [1.54, 1.807) is 18.3 Å². The molecule has 0 aliphatic carbocycles. The zero-order valence-electron chi connectivity index (χ0n) is 19.1. The Morgan fingerprint density at radius 2 is 1.43 bits per heavy atom. The molecular formula is C28H25N3O4. The molecule has 1 atom stereocenters. The van der Waals surface area contributed by atoms with E-state index in [9.17, 15) is 19.5 Å². The van der Waals surface area contributed by atoms with Crippen LogP contribution in [0.15, 0.2) is 102 Å². The molecule has 4 N–H and O–H groups in total. The Hall–Kier alpha value is -4.65. The highest BCUT2D eigenvalue weighted by Gasteiger charge is 2.32. The molecule has 1 unspecified atom stereocenters. The summed E-state index contributed by atoms with van der Waals surface area (Å²) < 4.78 is 0. The van der Waals surface area contributed by atoms with Gasteiger partial charge in [0.25, 0.3) is 0 Å². The number of nitrogens with one attached hydrogen (secondary N) is 3. The van der Waals surface area contributed by atoms with Crippen LogP contribution in [0.4, 0.5) is 10.5 Å². The van der Waals surface area contributed by atoms with E-state index in [2.05, 4.69) is 15.6 Å². The Kier molecular flexibility index (Phi) is 7.07. The SMILES string of the molecule is Cc1cc(=O)[nH]cc1-c1ccc(NC(=O)C(NC(=O)O)C(c2ccccc2)c2ccccc2)cc1. The molecule has 176 valence electrons. The number of anilines is 1. The van der Waals surface area contributed by atoms with E-state index in [-0.39, 0.29) is 5.56 Å². The highest BCUT2D eigenvalue weighted by Crippen LogP contribution is 2.29. The number of aryl methyl sites for hydroxylation is 1. The summed E-state index contributed by atoms with van der Waals surface area (Å²) in [5, 5.41) is 14.8. The van der Waals surface area contributed by atoms with Gasteiger partial charge in [-0.15, -0.1) is 0 Å². The van der Waals surface area contributed by atoms with Gasteiger partial charge in [0.2, 0.25) is 11.5 Å². The van der Waals surface area contributed by atoms with Gasteiger partial charge < -0.3 is 20.7 Å². The van der Waals surface area contributed by atoms with Gasteiger partial charge in [-0.05, 0) is 41.3 Å². The molecule has 1 aromatic heterocycles. The molecule has 7 heteroatoms. The lowest BCUT2D eigenvalue weighted by atomic mass is 9.84. The van der Waals surface area contributed by atoms with Crippen LogP contribution >= 0.6 is 0 Å². The Labute approximate surface area is 202 Å². The van der Waals surface area contributed by atoms with Crippen LogP contribution in [-0.4, -0.2) is 28.1 Å². The Balaban J connectivity index is 1.63. The van der Waals surface area contributed by atoms with Crippen molar-refractivity contribution in [2.45, 2.75) is 18.9 Å². The lowest BCUT2D eigenvalue weighted by Gasteiger charge is -2.27. The Morgan fingerprint density at radius 3 is 1.94 bits per heavy atom. The second kappa shape index (κ2) is 10.5. The minimum atomic E-state index is -1.29. The molecule has 0 saturated carbocycles. The van der Waals surface area contributed by atoms with E-state index in [1.807, 2.05) is 79.7 Å². The highest BCUT2D eigenvalue weighted by atomic mass is 16.4. The van der Waals surface area contributed by atoms with Crippen LogP contribution < -0.4 is 16.2 Å². The summed E-state index contributed by atoms with van der Waals surface area (Å²) in [5.74, 6) is -1.00. The van der Waals surface area contributed by atoms with E-state index < -0.39 is 24.0 Å². The Morgan fingerprint density at radius 1 is 0.857 bits per heavy atom. The summed E-state index contributed by atoms with van der Waals surface area (Å²) in [4.78, 5) is 39.3. The fraction of sp³-hybridized carbons (Fsp3) is 0.107. The van der Waals surface area contributed by atoms with Crippen molar-refractivity contribution in [2.24, 2.45) is 0 Å².